The molecule has 2 saturated heterocycles. The van der Waals surface area contributed by atoms with Crippen LogP contribution >= 0.6 is 0 Å². The summed E-state index contributed by atoms with van der Waals surface area (Å²) in [5.41, 5.74) is 0. The van der Waals surface area contributed by atoms with Gasteiger partial charge in [0.05, 0.1) is 12.6 Å². The molecule has 0 aliphatic carbocycles. The number of likely N-dealkylation sites (tertiary alicyclic amines) is 2. The van der Waals surface area contributed by atoms with Gasteiger partial charge in [-0.25, -0.2) is 0 Å². The van der Waals surface area contributed by atoms with Crippen LogP contribution in [0.2, 0.25) is 0 Å². The first-order chi connectivity index (χ1) is 8.60. The molecule has 0 spiro atoms. The first-order valence-corrected chi connectivity index (χ1v) is 7.21. The Balaban J connectivity index is 1.67. The van der Waals surface area contributed by atoms with Gasteiger partial charge in [-0.1, -0.05) is 13.8 Å². The van der Waals surface area contributed by atoms with E-state index in [1.54, 1.807) is 0 Å². The zero-order valence-corrected chi connectivity index (χ0v) is 11.9. The Morgan fingerprint density at radius 2 is 2.06 bits per heavy atom. The van der Waals surface area contributed by atoms with Gasteiger partial charge in [-0.15, -0.1) is 0 Å². The largest absolute Gasteiger partial charge is 0.375 e. The molecule has 4 nitrogen and oxygen atoms in total. The zero-order chi connectivity index (χ0) is 13.1. The molecule has 0 radical (unpaired) electrons. The molecule has 0 aromatic carbocycles. The molecular weight excluding hydrogens is 228 g/mol. The van der Waals surface area contributed by atoms with Crippen LogP contribution in [0.3, 0.4) is 0 Å². The summed E-state index contributed by atoms with van der Waals surface area (Å²) in [5.74, 6) is 1.78. The van der Waals surface area contributed by atoms with E-state index in [0.717, 1.165) is 44.6 Å². The number of hydrogen-bond donors (Lipinski definition) is 0. The van der Waals surface area contributed by atoms with E-state index in [-0.39, 0.29) is 12.0 Å². The van der Waals surface area contributed by atoms with E-state index >= 15 is 0 Å². The molecule has 0 N–H and O–H groups in total. The van der Waals surface area contributed by atoms with Crippen LogP contribution in [-0.4, -0.2) is 61.1 Å². The van der Waals surface area contributed by atoms with E-state index in [4.69, 9.17) is 4.74 Å². The Bertz CT molecular complexity index is 288. The van der Waals surface area contributed by atoms with Crippen LogP contribution in [0.1, 0.15) is 27.2 Å². The summed E-state index contributed by atoms with van der Waals surface area (Å²) in [5, 5.41) is 0. The molecule has 1 atom stereocenters. The number of carbonyl (C=O) groups excluding carboxylic acids is 1. The average molecular weight is 254 g/mol. The number of carbonyl (C=O) groups is 1. The number of nitrogens with zero attached hydrogens (tertiary/aromatic N) is 2. The van der Waals surface area contributed by atoms with Crippen LogP contribution in [0.15, 0.2) is 0 Å². The lowest BCUT2D eigenvalue weighted by molar-refractivity contribution is -0.145. The fourth-order valence-corrected chi connectivity index (χ4v) is 2.82. The summed E-state index contributed by atoms with van der Waals surface area (Å²) in [6, 6.07) is 0. The molecule has 4 heteroatoms. The Hall–Kier alpha value is -0.610. The maximum Gasteiger partial charge on any atom is 0.236 e. The fraction of sp³-hybridized carbons (Fsp3) is 0.929. The number of rotatable bonds is 5. The Kier molecular flexibility index (Phi) is 4.62. The van der Waals surface area contributed by atoms with Crippen molar-refractivity contribution in [3.63, 3.8) is 0 Å². The van der Waals surface area contributed by atoms with E-state index < -0.39 is 0 Å². The van der Waals surface area contributed by atoms with E-state index in [9.17, 15) is 4.79 Å². The lowest BCUT2D eigenvalue weighted by Gasteiger charge is -2.39. The minimum absolute atomic E-state index is 0.273. The van der Waals surface area contributed by atoms with Gasteiger partial charge in [0, 0.05) is 26.2 Å². The van der Waals surface area contributed by atoms with Crippen LogP contribution in [0.5, 0.6) is 0 Å². The third-order valence-electron chi connectivity index (χ3n) is 4.21. The van der Waals surface area contributed by atoms with Gasteiger partial charge in [-0.2, -0.15) is 0 Å². The van der Waals surface area contributed by atoms with Crippen LogP contribution in [0, 0.1) is 11.8 Å². The molecule has 1 amide bonds. The molecule has 2 aliphatic rings. The summed E-state index contributed by atoms with van der Waals surface area (Å²) in [6.07, 6.45) is 1.52. The highest BCUT2D eigenvalue weighted by atomic mass is 16.5. The highest BCUT2D eigenvalue weighted by molar-refractivity contribution is 5.79. The summed E-state index contributed by atoms with van der Waals surface area (Å²) < 4.78 is 5.47. The molecule has 2 heterocycles. The molecule has 2 aliphatic heterocycles. The molecule has 2 fully saturated rings. The molecule has 0 aromatic rings. The third-order valence-corrected chi connectivity index (χ3v) is 4.21. The molecule has 18 heavy (non-hydrogen) atoms. The van der Waals surface area contributed by atoms with E-state index in [2.05, 4.69) is 18.7 Å². The van der Waals surface area contributed by atoms with Crippen molar-refractivity contribution in [1.29, 1.82) is 0 Å². The Labute approximate surface area is 110 Å². The number of amides is 1. The standard InChI is InChI=1S/C14H26N2O2/c1-4-18-13-8-16(9-13)14(17)10-15-6-5-12(7-15)11(2)3/h11-13H,4-10H2,1-3H3. The Morgan fingerprint density at radius 3 is 2.61 bits per heavy atom. The SMILES string of the molecule is CCOC1CN(C(=O)CN2CCC(C(C)C)C2)C1. The lowest BCUT2D eigenvalue weighted by Crippen LogP contribution is -2.56. The monoisotopic (exact) mass is 254 g/mol. The van der Waals surface area contributed by atoms with Crippen molar-refractivity contribution in [2.45, 2.75) is 33.3 Å². The van der Waals surface area contributed by atoms with Gasteiger partial charge in [-0.05, 0) is 31.7 Å². The summed E-state index contributed by atoms with van der Waals surface area (Å²) in [6.45, 7) is 11.6. The topological polar surface area (TPSA) is 32.8 Å². The minimum atomic E-state index is 0.273. The Morgan fingerprint density at radius 1 is 1.33 bits per heavy atom. The van der Waals surface area contributed by atoms with Gasteiger partial charge >= 0.3 is 0 Å². The van der Waals surface area contributed by atoms with Gasteiger partial charge in [0.25, 0.3) is 0 Å². The van der Waals surface area contributed by atoms with Crippen molar-refractivity contribution in [3.05, 3.63) is 0 Å². The van der Waals surface area contributed by atoms with Gasteiger partial charge in [0.2, 0.25) is 5.91 Å². The van der Waals surface area contributed by atoms with Crippen LogP contribution in [-0.2, 0) is 9.53 Å². The second-order valence-corrected chi connectivity index (χ2v) is 5.90. The van der Waals surface area contributed by atoms with Gasteiger partial charge in [0.15, 0.2) is 0 Å². The summed E-state index contributed by atoms with van der Waals surface area (Å²) in [4.78, 5) is 16.3. The van der Waals surface area contributed by atoms with Crippen molar-refractivity contribution in [3.8, 4) is 0 Å². The number of ether oxygens (including phenoxy) is 1. The molecule has 0 aromatic heterocycles. The minimum Gasteiger partial charge on any atom is -0.375 e. The van der Waals surface area contributed by atoms with E-state index in [1.165, 1.54) is 6.42 Å². The van der Waals surface area contributed by atoms with E-state index in [1.807, 2.05) is 11.8 Å². The second-order valence-electron chi connectivity index (χ2n) is 5.90. The maximum atomic E-state index is 12.0. The van der Waals surface area contributed by atoms with Crippen molar-refractivity contribution in [2.24, 2.45) is 11.8 Å². The van der Waals surface area contributed by atoms with Gasteiger partial charge in [0.1, 0.15) is 0 Å². The molecule has 0 bridgehead atoms. The maximum absolute atomic E-state index is 12.0. The van der Waals surface area contributed by atoms with Gasteiger partial charge < -0.3 is 9.64 Å². The number of hydrogen-bond acceptors (Lipinski definition) is 3. The van der Waals surface area contributed by atoms with E-state index in [0.29, 0.717) is 6.54 Å². The van der Waals surface area contributed by atoms with Crippen molar-refractivity contribution < 1.29 is 9.53 Å². The lowest BCUT2D eigenvalue weighted by atomic mass is 9.95. The smallest absolute Gasteiger partial charge is 0.236 e. The average Bonchev–Trinajstić information content (AvgIpc) is 2.71. The first-order valence-electron chi connectivity index (χ1n) is 7.21. The van der Waals surface area contributed by atoms with Crippen LogP contribution < -0.4 is 0 Å². The highest BCUT2D eigenvalue weighted by Crippen LogP contribution is 2.23. The predicted octanol–water partition coefficient (Wildman–Crippen LogP) is 1.21. The summed E-state index contributed by atoms with van der Waals surface area (Å²) >= 11 is 0. The molecule has 1 unspecified atom stereocenters. The second kappa shape index (κ2) is 6.02. The predicted molar refractivity (Wildman–Crippen MR) is 71.4 cm³/mol. The quantitative estimate of drug-likeness (QED) is 0.739. The third kappa shape index (κ3) is 3.23. The first kappa shape index (κ1) is 13.8. The van der Waals surface area contributed by atoms with Crippen molar-refractivity contribution in [2.75, 3.05) is 39.3 Å². The van der Waals surface area contributed by atoms with Crippen molar-refractivity contribution >= 4 is 5.91 Å². The molecule has 0 saturated carbocycles. The van der Waals surface area contributed by atoms with Crippen LogP contribution in [0.4, 0.5) is 0 Å². The van der Waals surface area contributed by atoms with Gasteiger partial charge in [-0.3, -0.25) is 9.69 Å². The molecule has 2 rings (SSSR count). The molecular formula is C14H26N2O2. The summed E-state index contributed by atoms with van der Waals surface area (Å²) in [7, 11) is 0. The van der Waals surface area contributed by atoms with Crippen molar-refractivity contribution in [1.82, 2.24) is 9.80 Å². The highest BCUT2D eigenvalue weighted by Gasteiger charge is 2.33. The fourth-order valence-electron chi connectivity index (χ4n) is 2.82. The molecule has 104 valence electrons. The normalized spacial score (nSPS) is 25.8. The zero-order valence-electron chi connectivity index (χ0n) is 11.9. The van der Waals surface area contributed by atoms with Crippen LogP contribution in [0.25, 0.3) is 0 Å².